The second-order valence-electron chi connectivity index (χ2n) is 4.64. The predicted molar refractivity (Wildman–Crippen MR) is 84.6 cm³/mol. The number of ketones is 2. The Kier molecular flexibility index (Phi) is 4.21. The van der Waals surface area contributed by atoms with Gasteiger partial charge in [-0.1, -0.05) is 60.7 Å². The summed E-state index contributed by atoms with van der Waals surface area (Å²) in [5, 5.41) is -0.196. The van der Waals surface area contributed by atoms with Gasteiger partial charge in [-0.3, -0.25) is 9.59 Å². The van der Waals surface area contributed by atoms with Crippen molar-refractivity contribution >= 4 is 23.2 Å². The fourth-order valence-electron chi connectivity index (χ4n) is 1.99. The van der Waals surface area contributed by atoms with Crippen LogP contribution in [-0.4, -0.2) is 26.5 Å². The highest BCUT2D eigenvalue weighted by atomic mass is 35.5. The topological polar surface area (TPSA) is 72.8 Å². The Balaban J connectivity index is 2.00. The van der Waals surface area contributed by atoms with E-state index in [1.165, 1.54) is 0 Å². The van der Waals surface area contributed by atoms with E-state index in [1.807, 2.05) is 0 Å². The fourth-order valence-corrected chi connectivity index (χ4v) is 2.15. The zero-order valence-corrected chi connectivity index (χ0v) is 12.6. The standard InChI is InChI=1S/C17H10ClN3O2/c18-17-20-15(13(22)11-7-3-1-4-8-11)19-16(21-17)14(23)12-9-5-2-6-10-12/h1-10H. The minimum Gasteiger partial charge on any atom is -0.285 e. The molecule has 6 heteroatoms. The van der Waals surface area contributed by atoms with E-state index in [4.69, 9.17) is 11.6 Å². The molecule has 5 nitrogen and oxygen atoms in total. The summed E-state index contributed by atoms with van der Waals surface area (Å²) in [6.45, 7) is 0. The van der Waals surface area contributed by atoms with E-state index in [0.29, 0.717) is 11.1 Å². The van der Waals surface area contributed by atoms with E-state index in [-0.39, 0.29) is 16.9 Å². The van der Waals surface area contributed by atoms with Crippen molar-refractivity contribution < 1.29 is 9.59 Å². The van der Waals surface area contributed by atoms with Gasteiger partial charge in [0.05, 0.1) is 0 Å². The Labute approximate surface area is 137 Å². The largest absolute Gasteiger partial charge is 0.285 e. The molecular weight excluding hydrogens is 314 g/mol. The minimum atomic E-state index is -0.419. The molecule has 1 heterocycles. The first-order chi connectivity index (χ1) is 11.1. The Morgan fingerprint density at radius 1 is 0.652 bits per heavy atom. The number of hydrogen-bond donors (Lipinski definition) is 0. The van der Waals surface area contributed by atoms with E-state index in [1.54, 1.807) is 60.7 Å². The SMILES string of the molecule is O=C(c1ccccc1)c1nc(Cl)nc(C(=O)c2ccccc2)n1. The highest BCUT2D eigenvalue weighted by Crippen LogP contribution is 2.11. The Morgan fingerprint density at radius 2 is 1.04 bits per heavy atom. The van der Waals surface area contributed by atoms with Crippen LogP contribution in [0.4, 0.5) is 0 Å². The molecular formula is C17H10ClN3O2. The molecule has 3 rings (SSSR count). The molecule has 0 N–H and O–H groups in total. The van der Waals surface area contributed by atoms with Crippen LogP contribution in [0.3, 0.4) is 0 Å². The zero-order chi connectivity index (χ0) is 16.2. The number of carbonyl (C=O) groups excluding carboxylic acids is 2. The summed E-state index contributed by atoms with van der Waals surface area (Å²) >= 11 is 5.85. The summed E-state index contributed by atoms with van der Waals surface area (Å²) < 4.78 is 0. The van der Waals surface area contributed by atoms with Crippen molar-refractivity contribution in [2.75, 3.05) is 0 Å². The molecule has 3 aromatic rings. The van der Waals surface area contributed by atoms with Gasteiger partial charge in [0.15, 0.2) is 0 Å². The molecule has 0 aliphatic heterocycles. The normalized spacial score (nSPS) is 10.3. The van der Waals surface area contributed by atoms with Crippen molar-refractivity contribution in [2.24, 2.45) is 0 Å². The van der Waals surface area contributed by atoms with Gasteiger partial charge in [0.25, 0.3) is 0 Å². The van der Waals surface area contributed by atoms with Gasteiger partial charge >= 0.3 is 0 Å². The first-order valence-electron chi connectivity index (χ1n) is 6.76. The molecule has 0 bridgehead atoms. The third kappa shape index (κ3) is 3.30. The summed E-state index contributed by atoms with van der Waals surface area (Å²) in [5.41, 5.74) is 0.820. The van der Waals surface area contributed by atoms with E-state index < -0.39 is 11.6 Å². The highest BCUT2D eigenvalue weighted by Gasteiger charge is 2.19. The van der Waals surface area contributed by atoms with Gasteiger partial charge in [-0.2, -0.15) is 9.97 Å². The number of rotatable bonds is 4. The molecule has 0 spiro atoms. The molecule has 0 amide bonds. The summed E-state index contributed by atoms with van der Waals surface area (Å²) in [6.07, 6.45) is 0. The predicted octanol–water partition coefficient (Wildman–Crippen LogP) is 2.99. The summed E-state index contributed by atoms with van der Waals surface area (Å²) in [4.78, 5) is 36.4. The van der Waals surface area contributed by atoms with E-state index >= 15 is 0 Å². The fraction of sp³-hybridized carbons (Fsp3) is 0. The Bertz CT molecular complexity index is 798. The Morgan fingerprint density at radius 3 is 1.43 bits per heavy atom. The molecule has 0 saturated heterocycles. The number of hydrogen-bond acceptors (Lipinski definition) is 5. The van der Waals surface area contributed by atoms with Crippen molar-refractivity contribution in [1.29, 1.82) is 0 Å². The monoisotopic (exact) mass is 323 g/mol. The van der Waals surface area contributed by atoms with Crippen molar-refractivity contribution in [3.05, 3.63) is 88.7 Å². The molecule has 0 saturated carbocycles. The molecule has 1 aromatic heterocycles. The smallest absolute Gasteiger partial charge is 0.230 e. The van der Waals surface area contributed by atoms with Crippen LogP contribution in [-0.2, 0) is 0 Å². The van der Waals surface area contributed by atoms with Crippen LogP contribution in [0.5, 0.6) is 0 Å². The number of benzene rings is 2. The molecule has 2 aromatic carbocycles. The first kappa shape index (κ1) is 15.0. The lowest BCUT2D eigenvalue weighted by atomic mass is 10.1. The molecule has 0 radical (unpaired) electrons. The van der Waals surface area contributed by atoms with Crippen LogP contribution in [0, 0.1) is 0 Å². The van der Waals surface area contributed by atoms with Gasteiger partial charge in [-0.15, -0.1) is 0 Å². The molecule has 0 aliphatic rings. The van der Waals surface area contributed by atoms with Gasteiger partial charge in [0.2, 0.25) is 28.5 Å². The number of nitrogens with zero attached hydrogens (tertiary/aromatic N) is 3. The summed E-state index contributed by atoms with van der Waals surface area (Å²) in [6, 6.07) is 17.0. The first-order valence-corrected chi connectivity index (χ1v) is 7.14. The zero-order valence-electron chi connectivity index (χ0n) is 11.8. The molecule has 112 valence electrons. The Hall–Kier alpha value is -2.92. The van der Waals surface area contributed by atoms with Gasteiger partial charge < -0.3 is 0 Å². The van der Waals surface area contributed by atoms with Gasteiger partial charge in [-0.05, 0) is 11.6 Å². The summed E-state index contributed by atoms with van der Waals surface area (Å²) in [5.74, 6) is -1.15. The number of carbonyl (C=O) groups is 2. The van der Waals surface area contributed by atoms with Crippen LogP contribution in [0.2, 0.25) is 5.28 Å². The molecule has 0 unspecified atom stereocenters. The van der Waals surface area contributed by atoms with Crippen LogP contribution in [0.25, 0.3) is 0 Å². The second kappa shape index (κ2) is 6.46. The average Bonchev–Trinajstić information content (AvgIpc) is 2.61. The lowest BCUT2D eigenvalue weighted by molar-refractivity contribution is 0.102. The number of aromatic nitrogens is 3. The van der Waals surface area contributed by atoms with E-state index in [9.17, 15) is 9.59 Å². The van der Waals surface area contributed by atoms with Crippen LogP contribution < -0.4 is 0 Å². The average molecular weight is 324 g/mol. The van der Waals surface area contributed by atoms with Crippen molar-refractivity contribution in [2.45, 2.75) is 0 Å². The van der Waals surface area contributed by atoms with Crippen molar-refractivity contribution in [3.63, 3.8) is 0 Å². The molecule has 23 heavy (non-hydrogen) atoms. The second-order valence-corrected chi connectivity index (χ2v) is 4.98. The quantitative estimate of drug-likeness (QED) is 0.690. The lowest BCUT2D eigenvalue weighted by Gasteiger charge is -2.03. The van der Waals surface area contributed by atoms with Crippen LogP contribution in [0.1, 0.15) is 32.4 Å². The highest BCUT2D eigenvalue weighted by molar-refractivity contribution is 6.28. The lowest BCUT2D eigenvalue weighted by Crippen LogP contribution is -2.15. The van der Waals surface area contributed by atoms with Crippen molar-refractivity contribution in [1.82, 2.24) is 15.0 Å². The molecule has 0 aliphatic carbocycles. The maximum absolute atomic E-state index is 12.4. The maximum atomic E-state index is 12.4. The van der Waals surface area contributed by atoms with Gasteiger partial charge in [-0.25, -0.2) is 4.98 Å². The van der Waals surface area contributed by atoms with Crippen LogP contribution in [0.15, 0.2) is 60.7 Å². The maximum Gasteiger partial charge on any atom is 0.230 e. The number of halogens is 1. The molecule has 0 fully saturated rings. The van der Waals surface area contributed by atoms with Gasteiger partial charge in [0.1, 0.15) is 0 Å². The molecule has 0 atom stereocenters. The van der Waals surface area contributed by atoms with E-state index in [2.05, 4.69) is 15.0 Å². The summed E-state index contributed by atoms with van der Waals surface area (Å²) in [7, 11) is 0. The van der Waals surface area contributed by atoms with E-state index in [0.717, 1.165) is 0 Å². The van der Waals surface area contributed by atoms with Crippen molar-refractivity contribution in [3.8, 4) is 0 Å². The van der Waals surface area contributed by atoms with Gasteiger partial charge in [0, 0.05) is 11.1 Å². The third-order valence-electron chi connectivity index (χ3n) is 3.09. The van der Waals surface area contributed by atoms with Crippen LogP contribution >= 0.6 is 11.6 Å². The third-order valence-corrected chi connectivity index (χ3v) is 3.26. The minimum absolute atomic E-state index is 0.157.